The van der Waals surface area contributed by atoms with Crippen LogP contribution >= 0.6 is 0 Å². The van der Waals surface area contributed by atoms with E-state index in [1.807, 2.05) is 42.5 Å². The van der Waals surface area contributed by atoms with Crippen LogP contribution in [0.1, 0.15) is 5.56 Å². The molecule has 2 heterocycles. The monoisotopic (exact) mass is 404 g/mol. The van der Waals surface area contributed by atoms with Crippen molar-refractivity contribution in [1.82, 2.24) is 19.6 Å². The Balaban J connectivity index is 1.58. The summed E-state index contributed by atoms with van der Waals surface area (Å²) in [6, 6.07) is 24.8. The fraction of sp³-hybridized carbons (Fsp3) is 0. The van der Waals surface area contributed by atoms with Crippen molar-refractivity contribution < 1.29 is 5.11 Å². The topological polar surface area (TPSA) is 99.1 Å². The lowest BCUT2D eigenvalue weighted by Gasteiger charge is -2.09. The molecule has 7 heteroatoms. The Kier molecular flexibility index (Phi) is 4.50. The van der Waals surface area contributed by atoms with Gasteiger partial charge in [0, 0.05) is 29.7 Å². The Morgan fingerprint density at radius 2 is 1.71 bits per heavy atom. The number of rotatable bonds is 4. The van der Waals surface area contributed by atoms with Gasteiger partial charge in [0.25, 0.3) is 0 Å². The summed E-state index contributed by atoms with van der Waals surface area (Å²) in [5, 5.41) is 26.4. The summed E-state index contributed by atoms with van der Waals surface area (Å²) < 4.78 is 1.66. The summed E-state index contributed by atoms with van der Waals surface area (Å²) in [5.41, 5.74) is 5.20. The molecule has 148 valence electrons. The molecule has 2 N–H and O–H groups in total. The van der Waals surface area contributed by atoms with Crippen molar-refractivity contribution in [2.24, 2.45) is 0 Å². The molecule has 5 aromatic rings. The van der Waals surface area contributed by atoms with Gasteiger partial charge in [-0.2, -0.15) is 10.2 Å². The van der Waals surface area contributed by atoms with E-state index in [1.165, 1.54) is 12.1 Å². The number of nitrogens with zero attached hydrogens (tertiary/aromatic N) is 5. The second-order valence-corrected chi connectivity index (χ2v) is 6.86. The largest absolute Gasteiger partial charge is 0.506 e. The number of fused-ring (bicyclic) bond motifs is 1. The Labute approximate surface area is 177 Å². The third-order valence-electron chi connectivity index (χ3n) is 4.90. The van der Waals surface area contributed by atoms with Crippen molar-refractivity contribution in [3.8, 4) is 34.2 Å². The van der Waals surface area contributed by atoms with Gasteiger partial charge in [-0.1, -0.05) is 54.6 Å². The van der Waals surface area contributed by atoms with E-state index in [9.17, 15) is 5.11 Å². The summed E-state index contributed by atoms with van der Waals surface area (Å²) in [6.45, 7) is 0. The van der Waals surface area contributed by atoms with Crippen LogP contribution in [0.5, 0.6) is 5.75 Å². The highest BCUT2D eigenvalue weighted by molar-refractivity contribution is 5.87. The average molecular weight is 404 g/mol. The molecule has 0 aliphatic rings. The first kappa shape index (κ1) is 18.3. The molecule has 0 saturated heterocycles. The highest BCUT2D eigenvalue weighted by atomic mass is 16.3. The van der Waals surface area contributed by atoms with Crippen LogP contribution in [0.4, 0.5) is 11.6 Å². The fourth-order valence-electron chi connectivity index (χ4n) is 3.45. The second-order valence-electron chi connectivity index (χ2n) is 6.86. The van der Waals surface area contributed by atoms with Crippen LogP contribution in [0.15, 0.2) is 85.2 Å². The van der Waals surface area contributed by atoms with Gasteiger partial charge in [0.1, 0.15) is 17.5 Å². The lowest BCUT2D eigenvalue weighted by atomic mass is 9.98. The van der Waals surface area contributed by atoms with Gasteiger partial charge in [0.15, 0.2) is 5.65 Å². The number of phenolic OH excluding ortho intramolecular Hbond substituents is 1. The molecule has 0 aliphatic carbocycles. The maximum Gasteiger partial charge on any atom is 0.247 e. The molecular weight excluding hydrogens is 388 g/mol. The Morgan fingerprint density at radius 1 is 0.935 bits per heavy atom. The van der Waals surface area contributed by atoms with E-state index < -0.39 is 0 Å². The normalized spacial score (nSPS) is 10.7. The van der Waals surface area contributed by atoms with Gasteiger partial charge in [-0.05, 0) is 23.3 Å². The zero-order valence-corrected chi connectivity index (χ0v) is 16.3. The number of hydrogen-bond acceptors (Lipinski definition) is 6. The number of hydrogen-bond donors (Lipinski definition) is 2. The minimum atomic E-state index is -0.101. The standard InChI is InChI=1S/C24H16N6O/c25-15-17-10-11-18(14-21(17)31)27-24-28-23-22(26-12-13-30(23)29-24)20-9-5-4-8-19(20)16-6-2-1-3-7-16/h1-14,31H,(H,27,29). The number of anilines is 2. The zero-order valence-electron chi connectivity index (χ0n) is 16.3. The van der Waals surface area contributed by atoms with Crippen molar-refractivity contribution in [1.29, 1.82) is 5.26 Å². The maximum absolute atomic E-state index is 9.92. The number of nitrogens with one attached hydrogen (secondary N) is 1. The lowest BCUT2D eigenvalue weighted by Crippen LogP contribution is -1.95. The first-order valence-corrected chi connectivity index (χ1v) is 9.59. The van der Waals surface area contributed by atoms with Crippen LogP contribution in [-0.2, 0) is 0 Å². The van der Waals surface area contributed by atoms with E-state index in [1.54, 1.807) is 23.0 Å². The van der Waals surface area contributed by atoms with Crippen molar-refractivity contribution in [2.75, 3.05) is 5.32 Å². The van der Waals surface area contributed by atoms with E-state index in [-0.39, 0.29) is 11.3 Å². The molecule has 0 fully saturated rings. The van der Waals surface area contributed by atoms with E-state index in [2.05, 4.69) is 38.6 Å². The molecule has 2 aromatic heterocycles. The first-order chi connectivity index (χ1) is 15.2. The van der Waals surface area contributed by atoms with E-state index in [0.717, 1.165) is 16.7 Å². The van der Waals surface area contributed by atoms with Crippen LogP contribution in [0, 0.1) is 11.3 Å². The summed E-state index contributed by atoms with van der Waals surface area (Å²) in [4.78, 5) is 9.22. The van der Waals surface area contributed by atoms with Crippen molar-refractivity contribution in [2.45, 2.75) is 0 Å². The molecular formula is C24H16N6O. The smallest absolute Gasteiger partial charge is 0.247 e. The highest BCUT2D eigenvalue weighted by Gasteiger charge is 2.15. The quantitative estimate of drug-likeness (QED) is 0.447. The molecule has 0 atom stereocenters. The van der Waals surface area contributed by atoms with Crippen LogP contribution in [0.25, 0.3) is 28.0 Å². The van der Waals surface area contributed by atoms with Crippen LogP contribution < -0.4 is 5.32 Å². The molecule has 3 aromatic carbocycles. The number of aromatic hydroxyl groups is 1. The van der Waals surface area contributed by atoms with Crippen LogP contribution in [0.2, 0.25) is 0 Å². The molecule has 0 spiro atoms. The fourth-order valence-corrected chi connectivity index (χ4v) is 3.45. The molecule has 0 radical (unpaired) electrons. The number of nitriles is 1. The predicted octanol–water partition coefficient (Wildman–Crippen LogP) is 4.78. The van der Waals surface area contributed by atoms with E-state index in [0.29, 0.717) is 23.0 Å². The van der Waals surface area contributed by atoms with Gasteiger partial charge >= 0.3 is 0 Å². The average Bonchev–Trinajstić information content (AvgIpc) is 3.22. The van der Waals surface area contributed by atoms with Crippen LogP contribution in [0.3, 0.4) is 0 Å². The van der Waals surface area contributed by atoms with Gasteiger partial charge in [0.2, 0.25) is 5.95 Å². The summed E-state index contributed by atoms with van der Waals surface area (Å²) in [5.74, 6) is 0.256. The number of benzene rings is 3. The third-order valence-corrected chi connectivity index (χ3v) is 4.90. The summed E-state index contributed by atoms with van der Waals surface area (Å²) in [6.07, 6.45) is 3.43. The van der Waals surface area contributed by atoms with Crippen molar-refractivity contribution in [3.63, 3.8) is 0 Å². The maximum atomic E-state index is 9.92. The molecule has 7 nitrogen and oxygen atoms in total. The molecule has 5 rings (SSSR count). The second kappa shape index (κ2) is 7.61. The molecule has 0 bridgehead atoms. The number of aromatic nitrogens is 4. The van der Waals surface area contributed by atoms with Crippen molar-refractivity contribution >= 4 is 17.3 Å². The highest BCUT2D eigenvalue weighted by Crippen LogP contribution is 2.33. The zero-order chi connectivity index (χ0) is 21.2. The minimum Gasteiger partial charge on any atom is -0.506 e. The van der Waals surface area contributed by atoms with Gasteiger partial charge in [-0.3, -0.25) is 4.98 Å². The minimum absolute atomic E-state index is 0.101. The molecule has 31 heavy (non-hydrogen) atoms. The SMILES string of the molecule is N#Cc1ccc(Nc2nc3c(-c4ccccc4-c4ccccc4)nccn3n2)cc1O. The van der Waals surface area contributed by atoms with Crippen molar-refractivity contribution in [3.05, 3.63) is 90.8 Å². The molecule has 0 aliphatic heterocycles. The Bertz CT molecular complexity index is 1440. The third kappa shape index (κ3) is 3.43. The van der Waals surface area contributed by atoms with E-state index >= 15 is 0 Å². The van der Waals surface area contributed by atoms with Crippen LogP contribution in [-0.4, -0.2) is 24.7 Å². The summed E-state index contributed by atoms with van der Waals surface area (Å²) in [7, 11) is 0. The predicted molar refractivity (Wildman–Crippen MR) is 118 cm³/mol. The van der Waals surface area contributed by atoms with E-state index in [4.69, 9.17) is 5.26 Å². The van der Waals surface area contributed by atoms with Gasteiger partial charge in [-0.25, -0.2) is 4.52 Å². The molecule has 0 amide bonds. The Hall–Kier alpha value is -4.70. The molecule has 0 saturated carbocycles. The lowest BCUT2D eigenvalue weighted by molar-refractivity contribution is 0.474. The molecule has 0 unspecified atom stereocenters. The first-order valence-electron chi connectivity index (χ1n) is 9.59. The van der Waals surface area contributed by atoms with Gasteiger partial charge in [0.05, 0.1) is 5.56 Å². The van der Waals surface area contributed by atoms with Gasteiger partial charge < -0.3 is 10.4 Å². The summed E-state index contributed by atoms with van der Waals surface area (Å²) >= 11 is 0. The van der Waals surface area contributed by atoms with Gasteiger partial charge in [-0.15, -0.1) is 5.10 Å². The Morgan fingerprint density at radius 3 is 2.48 bits per heavy atom. The number of phenols is 1.